The smallest absolute Gasteiger partial charge is 0.271 e. The summed E-state index contributed by atoms with van der Waals surface area (Å²) >= 11 is 4.32. The molecule has 0 spiro atoms. The van der Waals surface area contributed by atoms with E-state index in [0.717, 1.165) is 16.9 Å². The van der Waals surface area contributed by atoms with Gasteiger partial charge in [-0.15, -0.1) is 11.3 Å². The van der Waals surface area contributed by atoms with Gasteiger partial charge >= 0.3 is 0 Å². The van der Waals surface area contributed by atoms with Crippen molar-refractivity contribution in [2.75, 3.05) is 11.3 Å². The SMILES string of the molecule is O=S(=O)(NCCc1ccccc1)c1ccc(NS(=O)(=O)c2ccc(Br)s2)cc1. The van der Waals surface area contributed by atoms with Crippen molar-refractivity contribution in [3.05, 3.63) is 76.1 Å². The van der Waals surface area contributed by atoms with E-state index in [9.17, 15) is 16.8 Å². The van der Waals surface area contributed by atoms with Crippen LogP contribution in [0.5, 0.6) is 0 Å². The van der Waals surface area contributed by atoms with Crippen LogP contribution in [0.15, 0.2) is 79.6 Å². The summed E-state index contributed by atoms with van der Waals surface area (Å²) in [6.07, 6.45) is 0.578. The Bertz CT molecular complexity index is 1140. The molecule has 2 aromatic carbocycles. The van der Waals surface area contributed by atoms with Crippen molar-refractivity contribution in [3.8, 4) is 0 Å². The van der Waals surface area contributed by atoms with Gasteiger partial charge in [0.15, 0.2) is 0 Å². The molecule has 6 nitrogen and oxygen atoms in total. The Morgan fingerprint density at radius 3 is 2.11 bits per heavy atom. The molecule has 148 valence electrons. The van der Waals surface area contributed by atoms with E-state index in [1.54, 1.807) is 6.07 Å². The summed E-state index contributed by atoms with van der Waals surface area (Å²) in [5, 5.41) is 0. The molecule has 0 saturated carbocycles. The van der Waals surface area contributed by atoms with Crippen molar-refractivity contribution in [1.29, 1.82) is 0 Å². The second kappa shape index (κ2) is 8.75. The van der Waals surface area contributed by atoms with Crippen LogP contribution in [0.4, 0.5) is 5.69 Å². The molecule has 0 bridgehead atoms. The number of hydrogen-bond donors (Lipinski definition) is 2. The molecule has 28 heavy (non-hydrogen) atoms. The summed E-state index contributed by atoms with van der Waals surface area (Å²) in [7, 11) is -7.38. The van der Waals surface area contributed by atoms with E-state index in [4.69, 9.17) is 0 Å². The first-order valence-electron chi connectivity index (χ1n) is 8.18. The van der Waals surface area contributed by atoms with E-state index < -0.39 is 20.0 Å². The summed E-state index contributed by atoms with van der Waals surface area (Å²) in [6.45, 7) is 0.272. The Kier molecular flexibility index (Phi) is 6.56. The maximum Gasteiger partial charge on any atom is 0.271 e. The average molecular weight is 501 g/mol. The highest BCUT2D eigenvalue weighted by Gasteiger charge is 2.18. The minimum absolute atomic E-state index is 0.0716. The molecule has 0 amide bonds. The van der Waals surface area contributed by atoms with Gasteiger partial charge in [-0.3, -0.25) is 4.72 Å². The second-order valence-corrected chi connectivity index (χ2v) is 12.0. The molecule has 10 heteroatoms. The van der Waals surface area contributed by atoms with Gasteiger partial charge in [0.1, 0.15) is 4.21 Å². The van der Waals surface area contributed by atoms with Crippen LogP contribution in [0.25, 0.3) is 0 Å². The zero-order chi connectivity index (χ0) is 20.2. The fourth-order valence-electron chi connectivity index (χ4n) is 2.41. The summed E-state index contributed by atoms with van der Waals surface area (Å²) in [5.41, 5.74) is 1.32. The van der Waals surface area contributed by atoms with E-state index in [1.807, 2.05) is 30.3 Å². The molecule has 3 rings (SSSR count). The topological polar surface area (TPSA) is 92.3 Å². The van der Waals surface area contributed by atoms with Gasteiger partial charge in [0, 0.05) is 12.2 Å². The van der Waals surface area contributed by atoms with E-state index in [-0.39, 0.29) is 21.3 Å². The monoisotopic (exact) mass is 500 g/mol. The normalized spacial score (nSPS) is 12.0. The van der Waals surface area contributed by atoms with Gasteiger partial charge in [0.25, 0.3) is 10.0 Å². The molecule has 0 aliphatic rings. The van der Waals surface area contributed by atoms with E-state index in [0.29, 0.717) is 10.2 Å². The number of benzene rings is 2. The predicted molar refractivity (Wildman–Crippen MR) is 115 cm³/mol. The lowest BCUT2D eigenvalue weighted by Gasteiger charge is -2.09. The van der Waals surface area contributed by atoms with Crippen LogP contribution in [0.1, 0.15) is 5.56 Å². The van der Waals surface area contributed by atoms with Gasteiger partial charge in [-0.25, -0.2) is 21.6 Å². The zero-order valence-corrected chi connectivity index (χ0v) is 18.5. The number of thiophene rings is 1. The molecular formula is C18H17BrN2O4S3. The van der Waals surface area contributed by atoms with Gasteiger partial charge in [-0.2, -0.15) is 0 Å². The molecule has 0 radical (unpaired) electrons. The Labute approximate surface area is 176 Å². The summed E-state index contributed by atoms with van der Waals surface area (Å²) in [5.74, 6) is 0. The van der Waals surface area contributed by atoms with Crippen LogP contribution < -0.4 is 9.44 Å². The third-order valence-corrected chi connectivity index (χ3v) is 8.75. The molecule has 3 aromatic rings. The Morgan fingerprint density at radius 2 is 1.50 bits per heavy atom. The lowest BCUT2D eigenvalue weighted by molar-refractivity contribution is 0.581. The number of sulfonamides is 2. The van der Waals surface area contributed by atoms with Gasteiger partial charge in [-0.1, -0.05) is 30.3 Å². The Balaban J connectivity index is 1.64. The third-order valence-electron chi connectivity index (χ3n) is 3.78. The largest absolute Gasteiger partial charge is 0.279 e. The lowest BCUT2D eigenvalue weighted by atomic mass is 10.2. The van der Waals surface area contributed by atoms with Crippen molar-refractivity contribution in [2.45, 2.75) is 15.5 Å². The Hall–Kier alpha value is -1.72. The average Bonchev–Trinajstić information content (AvgIpc) is 3.10. The van der Waals surface area contributed by atoms with Crippen molar-refractivity contribution in [3.63, 3.8) is 0 Å². The molecule has 2 N–H and O–H groups in total. The van der Waals surface area contributed by atoms with Crippen LogP contribution in [-0.4, -0.2) is 23.4 Å². The van der Waals surface area contributed by atoms with Gasteiger partial charge in [0.05, 0.1) is 8.68 Å². The Morgan fingerprint density at radius 1 is 0.821 bits per heavy atom. The number of anilines is 1. The summed E-state index contributed by atoms with van der Waals surface area (Å²) in [6, 6.07) is 18.3. The zero-order valence-electron chi connectivity index (χ0n) is 14.5. The fraction of sp³-hybridized carbons (Fsp3) is 0.111. The third kappa shape index (κ3) is 5.42. The van der Waals surface area contributed by atoms with Gasteiger partial charge in [0.2, 0.25) is 10.0 Å². The molecule has 1 aromatic heterocycles. The predicted octanol–water partition coefficient (Wildman–Crippen LogP) is 3.83. The van der Waals surface area contributed by atoms with Crippen LogP contribution in [0, 0.1) is 0 Å². The molecule has 1 heterocycles. The van der Waals surface area contributed by atoms with Crippen molar-refractivity contribution in [1.82, 2.24) is 4.72 Å². The van der Waals surface area contributed by atoms with E-state index in [1.165, 1.54) is 30.3 Å². The number of nitrogens with one attached hydrogen (secondary N) is 2. The van der Waals surface area contributed by atoms with Crippen molar-refractivity contribution >= 4 is 53.0 Å². The highest BCUT2D eigenvalue weighted by molar-refractivity contribution is 9.11. The van der Waals surface area contributed by atoms with Crippen LogP contribution in [0.2, 0.25) is 0 Å². The van der Waals surface area contributed by atoms with Crippen LogP contribution in [-0.2, 0) is 26.5 Å². The van der Waals surface area contributed by atoms with Gasteiger partial charge < -0.3 is 0 Å². The molecule has 0 aliphatic carbocycles. The quantitative estimate of drug-likeness (QED) is 0.491. The first-order valence-corrected chi connectivity index (χ1v) is 12.8. The highest BCUT2D eigenvalue weighted by Crippen LogP contribution is 2.27. The van der Waals surface area contributed by atoms with E-state index in [2.05, 4.69) is 25.4 Å². The van der Waals surface area contributed by atoms with Gasteiger partial charge in [-0.05, 0) is 64.3 Å². The second-order valence-electron chi connectivity index (χ2n) is 5.82. The molecule has 0 fully saturated rings. The molecule has 0 saturated heterocycles. The molecule has 0 atom stereocenters. The first-order chi connectivity index (χ1) is 13.3. The van der Waals surface area contributed by atoms with Crippen molar-refractivity contribution in [2.24, 2.45) is 0 Å². The first kappa shape index (κ1) is 21.0. The number of hydrogen-bond acceptors (Lipinski definition) is 5. The summed E-state index contributed by atoms with van der Waals surface area (Å²) < 4.78 is 55.3. The lowest BCUT2D eigenvalue weighted by Crippen LogP contribution is -2.26. The number of rotatable bonds is 8. The standard InChI is InChI=1S/C18H17BrN2O4S3/c19-17-10-11-18(26-17)28(24,25)21-15-6-8-16(9-7-15)27(22,23)20-13-12-14-4-2-1-3-5-14/h1-11,20-21H,12-13H2. The minimum atomic E-state index is -3.71. The fourth-order valence-corrected chi connectivity index (χ4v) is 6.51. The molecule has 0 aliphatic heterocycles. The molecular weight excluding hydrogens is 484 g/mol. The maximum absolute atomic E-state index is 12.4. The highest BCUT2D eigenvalue weighted by atomic mass is 79.9. The van der Waals surface area contributed by atoms with E-state index >= 15 is 0 Å². The summed E-state index contributed by atoms with van der Waals surface area (Å²) in [4.78, 5) is 0.0716. The minimum Gasteiger partial charge on any atom is -0.279 e. The van der Waals surface area contributed by atoms with Crippen LogP contribution >= 0.6 is 27.3 Å². The van der Waals surface area contributed by atoms with Crippen LogP contribution in [0.3, 0.4) is 0 Å². The van der Waals surface area contributed by atoms with Crippen molar-refractivity contribution < 1.29 is 16.8 Å². The maximum atomic E-state index is 12.4. The number of halogens is 1. The molecule has 0 unspecified atom stereocenters.